The fourth-order valence-electron chi connectivity index (χ4n) is 6.91. The molecule has 7 rings (SSSR count). The van der Waals surface area contributed by atoms with E-state index in [4.69, 9.17) is 27.9 Å². The summed E-state index contributed by atoms with van der Waals surface area (Å²) in [6.07, 6.45) is 0. The van der Waals surface area contributed by atoms with Gasteiger partial charge in [0, 0.05) is 5.69 Å². The largest absolute Gasteiger partial charge is 0.462 e. The van der Waals surface area contributed by atoms with Gasteiger partial charge in [0.05, 0.1) is 24.0 Å². The first kappa shape index (κ1) is 29.4. The minimum absolute atomic E-state index is 0.205. The van der Waals surface area contributed by atoms with E-state index in [0.29, 0.717) is 40.1 Å². The Balaban J connectivity index is 1.33. The first-order valence-electron chi connectivity index (χ1n) is 14.4. The molecule has 222 valence electrons. The lowest BCUT2D eigenvalue weighted by Crippen LogP contribution is -2.57. The molecule has 4 aliphatic rings. The van der Waals surface area contributed by atoms with E-state index >= 15 is 0 Å². The summed E-state index contributed by atoms with van der Waals surface area (Å²) in [5.74, 6) is -4.21. The van der Waals surface area contributed by atoms with Gasteiger partial charge in [0.1, 0.15) is 15.8 Å². The molecule has 0 aromatic heterocycles. The minimum Gasteiger partial charge on any atom is -0.462 e. The molecule has 43 heavy (non-hydrogen) atoms. The molecular weight excluding hydrogens is 587 g/mol. The summed E-state index contributed by atoms with van der Waals surface area (Å²) in [4.78, 5) is 53.3. The van der Waals surface area contributed by atoms with Crippen molar-refractivity contribution in [3.05, 3.63) is 101 Å². The van der Waals surface area contributed by atoms with Gasteiger partial charge in [-0.3, -0.25) is 19.3 Å². The Morgan fingerprint density at radius 2 is 1.23 bits per heavy atom. The first-order valence-corrected chi connectivity index (χ1v) is 15.2. The van der Waals surface area contributed by atoms with Crippen molar-refractivity contribution in [2.24, 2.45) is 23.7 Å². The average Bonchev–Trinajstić information content (AvgIpc) is 3.25. The maximum absolute atomic E-state index is 14.4. The second kappa shape index (κ2) is 10.5. The Morgan fingerprint density at radius 3 is 1.63 bits per heavy atom. The zero-order valence-corrected chi connectivity index (χ0v) is 25.8. The Kier molecular flexibility index (Phi) is 7.17. The number of likely N-dealkylation sites (tertiary alicyclic amines) is 1. The highest BCUT2D eigenvalue weighted by Gasteiger charge is 2.73. The van der Waals surface area contributed by atoms with Crippen LogP contribution in [-0.2, 0) is 28.9 Å². The Hall–Kier alpha value is -3.68. The van der Waals surface area contributed by atoms with Crippen molar-refractivity contribution in [2.75, 3.05) is 11.9 Å². The molecule has 3 aromatic carbocycles. The average molecular weight is 620 g/mol. The SMILES string of the molecule is CC(C)COC(=O)c1ccc(NC(=O)[C@H](C(C)C)N2C(=O)[C@H]3[C@H](C2=O)C2(Cl)c4ccccc4C3(Cl)c3ccccc32)cc1. The molecule has 0 saturated carbocycles. The number of alkyl halides is 2. The summed E-state index contributed by atoms with van der Waals surface area (Å²) in [6.45, 7) is 7.77. The number of hydrogen-bond donors (Lipinski definition) is 1. The van der Waals surface area contributed by atoms with Crippen LogP contribution < -0.4 is 5.32 Å². The van der Waals surface area contributed by atoms with Gasteiger partial charge in [0.25, 0.3) is 0 Å². The smallest absolute Gasteiger partial charge is 0.338 e. The number of ether oxygens (including phenoxy) is 1. The fourth-order valence-corrected chi connectivity index (χ4v) is 8.01. The number of hydrogen-bond acceptors (Lipinski definition) is 5. The van der Waals surface area contributed by atoms with Crippen molar-refractivity contribution in [2.45, 2.75) is 43.5 Å². The highest BCUT2D eigenvalue weighted by Crippen LogP contribution is 2.69. The number of rotatable bonds is 7. The summed E-state index contributed by atoms with van der Waals surface area (Å²) in [6, 6.07) is 20.0. The van der Waals surface area contributed by atoms with Crippen LogP contribution in [0.5, 0.6) is 0 Å². The predicted molar refractivity (Wildman–Crippen MR) is 164 cm³/mol. The topological polar surface area (TPSA) is 92.8 Å². The molecular formula is C34H32Cl2N2O5. The second-order valence-electron chi connectivity index (χ2n) is 12.3. The van der Waals surface area contributed by atoms with Crippen molar-refractivity contribution < 1.29 is 23.9 Å². The van der Waals surface area contributed by atoms with Crippen LogP contribution in [0.3, 0.4) is 0 Å². The Morgan fingerprint density at radius 1 is 0.791 bits per heavy atom. The van der Waals surface area contributed by atoms with Gasteiger partial charge < -0.3 is 10.1 Å². The summed E-state index contributed by atoms with van der Waals surface area (Å²) < 4.78 is 5.27. The van der Waals surface area contributed by atoms with Gasteiger partial charge in [0.2, 0.25) is 17.7 Å². The van der Waals surface area contributed by atoms with Crippen molar-refractivity contribution in [3.63, 3.8) is 0 Å². The summed E-state index contributed by atoms with van der Waals surface area (Å²) in [5, 5.41) is 2.83. The van der Waals surface area contributed by atoms with E-state index in [-0.39, 0.29) is 5.92 Å². The van der Waals surface area contributed by atoms with Gasteiger partial charge in [-0.25, -0.2) is 4.79 Å². The molecule has 1 aliphatic heterocycles. The van der Waals surface area contributed by atoms with E-state index in [1.54, 1.807) is 38.1 Å². The molecule has 1 fully saturated rings. The Labute approximate surface area is 260 Å². The standard InChI is InChI=1S/C34H32Cl2N2O5/c1-18(2)17-43-32(42)20-13-15-21(16-14-20)37-29(39)28(19(3)4)38-30(40)26-27(31(38)41)34(36)23-10-6-5-9-22(23)33(26,35)24-11-7-8-12-25(24)34/h5-16,18-19,26-28H,17H2,1-4H3,(H,37,39)/t26-,27-,28+,33?,34?/m1/s1. The van der Waals surface area contributed by atoms with Gasteiger partial charge in [-0.2, -0.15) is 0 Å². The first-order chi connectivity index (χ1) is 20.4. The fraction of sp³-hybridized carbons (Fsp3) is 0.353. The number of halogens is 2. The molecule has 3 amide bonds. The normalized spacial score (nSPS) is 25.8. The van der Waals surface area contributed by atoms with E-state index in [1.807, 2.05) is 62.4 Å². The lowest BCUT2D eigenvalue weighted by molar-refractivity contribution is -0.148. The molecule has 3 atom stereocenters. The zero-order valence-electron chi connectivity index (χ0n) is 24.3. The number of amides is 3. The van der Waals surface area contributed by atoms with E-state index < -0.39 is 57.2 Å². The molecule has 7 nitrogen and oxygen atoms in total. The van der Waals surface area contributed by atoms with Crippen LogP contribution in [0.1, 0.15) is 60.3 Å². The molecule has 0 radical (unpaired) electrons. The van der Waals surface area contributed by atoms with Crippen molar-refractivity contribution >= 4 is 52.6 Å². The van der Waals surface area contributed by atoms with Crippen LogP contribution in [-0.4, -0.2) is 41.2 Å². The van der Waals surface area contributed by atoms with Crippen molar-refractivity contribution in [3.8, 4) is 0 Å². The molecule has 1 heterocycles. The van der Waals surface area contributed by atoms with Gasteiger partial charge in [-0.05, 0) is 58.4 Å². The molecule has 1 saturated heterocycles. The van der Waals surface area contributed by atoms with E-state index in [9.17, 15) is 19.2 Å². The van der Waals surface area contributed by atoms with Gasteiger partial charge in [0.15, 0.2) is 0 Å². The zero-order chi connectivity index (χ0) is 30.8. The van der Waals surface area contributed by atoms with Crippen molar-refractivity contribution in [1.29, 1.82) is 0 Å². The van der Waals surface area contributed by atoms with E-state index in [2.05, 4.69) is 5.32 Å². The summed E-state index contributed by atoms with van der Waals surface area (Å²) >= 11 is 15.0. The number of anilines is 1. The molecule has 0 spiro atoms. The third kappa shape index (κ3) is 4.23. The van der Waals surface area contributed by atoms with Crippen LogP contribution in [0.4, 0.5) is 5.69 Å². The second-order valence-corrected chi connectivity index (χ2v) is 13.5. The van der Waals surface area contributed by atoms with Crippen LogP contribution in [0.15, 0.2) is 72.8 Å². The number of carbonyl (C=O) groups excluding carboxylic acids is 4. The number of nitrogens with zero attached hydrogens (tertiary/aromatic N) is 1. The molecule has 3 aliphatic carbocycles. The van der Waals surface area contributed by atoms with Crippen molar-refractivity contribution in [1.82, 2.24) is 4.90 Å². The van der Waals surface area contributed by atoms with Crippen LogP contribution in [0.25, 0.3) is 0 Å². The van der Waals surface area contributed by atoms with Gasteiger partial charge in [-0.15, -0.1) is 23.2 Å². The quantitative estimate of drug-likeness (QED) is 0.197. The van der Waals surface area contributed by atoms with Crippen LogP contribution >= 0.6 is 23.2 Å². The maximum Gasteiger partial charge on any atom is 0.338 e. The third-order valence-corrected chi connectivity index (χ3v) is 10.0. The highest BCUT2D eigenvalue weighted by atomic mass is 35.5. The minimum atomic E-state index is -1.33. The molecule has 0 unspecified atom stereocenters. The summed E-state index contributed by atoms with van der Waals surface area (Å²) in [7, 11) is 0. The number of benzene rings is 3. The monoisotopic (exact) mass is 618 g/mol. The van der Waals surface area contributed by atoms with E-state index in [1.165, 1.54) is 0 Å². The lowest BCUT2D eigenvalue weighted by Gasteiger charge is -2.54. The summed E-state index contributed by atoms with van der Waals surface area (Å²) in [5.41, 5.74) is 3.57. The molecule has 3 aromatic rings. The number of carbonyl (C=O) groups is 4. The number of esters is 1. The maximum atomic E-state index is 14.4. The lowest BCUT2D eigenvalue weighted by atomic mass is 9.54. The van der Waals surface area contributed by atoms with Crippen LogP contribution in [0, 0.1) is 23.7 Å². The number of imide groups is 1. The number of nitrogens with one attached hydrogen (secondary N) is 1. The van der Waals surface area contributed by atoms with Crippen LogP contribution in [0.2, 0.25) is 0 Å². The van der Waals surface area contributed by atoms with Gasteiger partial charge in [-0.1, -0.05) is 76.2 Å². The third-order valence-electron chi connectivity index (χ3n) is 8.73. The molecule has 9 heteroatoms. The highest BCUT2D eigenvalue weighted by molar-refractivity contribution is 6.36. The molecule has 2 bridgehead atoms. The Bertz CT molecular complexity index is 1530. The van der Waals surface area contributed by atoms with Gasteiger partial charge >= 0.3 is 5.97 Å². The predicted octanol–water partition coefficient (Wildman–Crippen LogP) is 6.06. The molecule has 1 N–H and O–H groups in total. The van der Waals surface area contributed by atoms with E-state index in [0.717, 1.165) is 4.90 Å².